The van der Waals surface area contributed by atoms with Crippen LogP contribution in [0.15, 0.2) is 11.6 Å². The Kier molecular flexibility index (Phi) is 2.62. The van der Waals surface area contributed by atoms with Crippen molar-refractivity contribution in [1.82, 2.24) is 0 Å². The van der Waals surface area contributed by atoms with E-state index in [4.69, 9.17) is 5.11 Å². The molecule has 0 aromatic heterocycles. The van der Waals surface area contributed by atoms with E-state index in [9.17, 15) is 4.79 Å². The standard InChI is InChI=1S/C12H18O2/c13-11(14)9-10-5-4-8-12(10)6-2-1-3-7-12/h9H,1-8H2,(H,13,14)/b10-9-. The van der Waals surface area contributed by atoms with E-state index in [0.29, 0.717) is 5.41 Å². The van der Waals surface area contributed by atoms with Gasteiger partial charge < -0.3 is 5.11 Å². The normalized spacial score (nSPS) is 28.4. The van der Waals surface area contributed by atoms with E-state index in [0.717, 1.165) is 6.42 Å². The third-order valence-corrected chi connectivity index (χ3v) is 3.89. The van der Waals surface area contributed by atoms with E-state index in [2.05, 4.69) is 0 Å². The Morgan fingerprint density at radius 1 is 1.14 bits per heavy atom. The molecule has 1 N–H and O–H groups in total. The fourth-order valence-electron chi connectivity index (χ4n) is 3.22. The van der Waals surface area contributed by atoms with Gasteiger partial charge in [-0.2, -0.15) is 0 Å². The zero-order chi connectivity index (χ0) is 10.0. The molecule has 0 atom stereocenters. The van der Waals surface area contributed by atoms with Crippen LogP contribution in [0.5, 0.6) is 0 Å². The summed E-state index contributed by atoms with van der Waals surface area (Å²) in [5.74, 6) is -0.758. The van der Waals surface area contributed by atoms with E-state index in [-0.39, 0.29) is 0 Å². The average molecular weight is 194 g/mol. The zero-order valence-electron chi connectivity index (χ0n) is 8.59. The molecule has 2 aliphatic rings. The maximum atomic E-state index is 10.7. The van der Waals surface area contributed by atoms with E-state index in [1.165, 1.54) is 56.6 Å². The molecular weight excluding hydrogens is 176 g/mol. The van der Waals surface area contributed by atoms with Crippen LogP contribution in [0.2, 0.25) is 0 Å². The van der Waals surface area contributed by atoms with E-state index >= 15 is 0 Å². The quantitative estimate of drug-likeness (QED) is 0.651. The highest BCUT2D eigenvalue weighted by Gasteiger charge is 2.39. The van der Waals surface area contributed by atoms with Gasteiger partial charge in [0, 0.05) is 6.08 Å². The number of carboxylic acids is 1. The van der Waals surface area contributed by atoms with Gasteiger partial charge in [-0.3, -0.25) is 0 Å². The van der Waals surface area contributed by atoms with E-state index in [1.54, 1.807) is 0 Å². The second-order valence-electron chi connectivity index (χ2n) is 4.70. The third kappa shape index (κ3) is 1.70. The third-order valence-electron chi connectivity index (χ3n) is 3.89. The molecule has 0 bridgehead atoms. The van der Waals surface area contributed by atoms with Gasteiger partial charge in [0.2, 0.25) is 0 Å². The number of aliphatic carboxylic acids is 1. The van der Waals surface area contributed by atoms with Gasteiger partial charge in [0.25, 0.3) is 0 Å². The van der Waals surface area contributed by atoms with Crippen molar-refractivity contribution in [2.24, 2.45) is 5.41 Å². The summed E-state index contributed by atoms with van der Waals surface area (Å²) in [6.07, 6.45) is 11.3. The molecule has 2 rings (SSSR count). The predicted molar refractivity (Wildman–Crippen MR) is 55.1 cm³/mol. The van der Waals surface area contributed by atoms with Gasteiger partial charge in [0.05, 0.1) is 0 Å². The van der Waals surface area contributed by atoms with Gasteiger partial charge in [-0.05, 0) is 37.5 Å². The highest BCUT2D eigenvalue weighted by Crippen LogP contribution is 2.52. The number of hydrogen-bond acceptors (Lipinski definition) is 1. The molecule has 2 nitrogen and oxygen atoms in total. The Bertz CT molecular complexity index is 259. The van der Waals surface area contributed by atoms with Crippen LogP contribution in [0.25, 0.3) is 0 Å². The smallest absolute Gasteiger partial charge is 0.328 e. The number of rotatable bonds is 1. The van der Waals surface area contributed by atoms with Crippen molar-refractivity contribution in [2.45, 2.75) is 51.4 Å². The fraction of sp³-hybridized carbons (Fsp3) is 0.750. The van der Waals surface area contributed by atoms with Crippen molar-refractivity contribution in [3.63, 3.8) is 0 Å². The summed E-state index contributed by atoms with van der Waals surface area (Å²) in [4.78, 5) is 10.7. The molecule has 0 radical (unpaired) electrons. The summed E-state index contributed by atoms with van der Waals surface area (Å²) < 4.78 is 0. The van der Waals surface area contributed by atoms with Crippen LogP contribution >= 0.6 is 0 Å². The summed E-state index contributed by atoms with van der Waals surface area (Å²) >= 11 is 0. The molecule has 2 fully saturated rings. The minimum absolute atomic E-state index is 0.302. The summed E-state index contributed by atoms with van der Waals surface area (Å²) in [5.41, 5.74) is 1.53. The van der Waals surface area contributed by atoms with Crippen LogP contribution in [0.3, 0.4) is 0 Å². The molecule has 0 unspecified atom stereocenters. The lowest BCUT2D eigenvalue weighted by atomic mass is 9.70. The van der Waals surface area contributed by atoms with Crippen molar-refractivity contribution >= 4 is 5.97 Å². The van der Waals surface area contributed by atoms with Crippen LogP contribution in [0.4, 0.5) is 0 Å². The first-order valence-electron chi connectivity index (χ1n) is 5.67. The summed E-state index contributed by atoms with van der Waals surface area (Å²) in [7, 11) is 0. The maximum Gasteiger partial charge on any atom is 0.328 e. The van der Waals surface area contributed by atoms with Crippen molar-refractivity contribution in [2.75, 3.05) is 0 Å². The maximum absolute atomic E-state index is 10.7. The molecule has 14 heavy (non-hydrogen) atoms. The van der Waals surface area contributed by atoms with Crippen molar-refractivity contribution in [3.8, 4) is 0 Å². The molecule has 0 aliphatic heterocycles. The Balaban J connectivity index is 2.19. The molecule has 2 heteroatoms. The van der Waals surface area contributed by atoms with Crippen molar-refractivity contribution in [3.05, 3.63) is 11.6 Å². The van der Waals surface area contributed by atoms with Gasteiger partial charge in [-0.25, -0.2) is 4.79 Å². The first kappa shape index (κ1) is 9.75. The largest absolute Gasteiger partial charge is 0.478 e. The van der Waals surface area contributed by atoms with Crippen molar-refractivity contribution in [1.29, 1.82) is 0 Å². The monoisotopic (exact) mass is 194 g/mol. The number of carbonyl (C=O) groups is 1. The lowest BCUT2D eigenvalue weighted by molar-refractivity contribution is -0.131. The molecule has 1 spiro atoms. The molecule has 78 valence electrons. The molecular formula is C12H18O2. The second kappa shape index (κ2) is 3.76. The predicted octanol–water partition coefficient (Wildman–Crippen LogP) is 3.13. The summed E-state index contributed by atoms with van der Waals surface area (Å²) in [6.45, 7) is 0. The Hall–Kier alpha value is -0.790. The van der Waals surface area contributed by atoms with Crippen LogP contribution in [0.1, 0.15) is 51.4 Å². The van der Waals surface area contributed by atoms with Crippen LogP contribution in [-0.4, -0.2) is 11.1 Å². The summed E-state index contributed by atoms with van der Waals surface area (Å²) in [5, 5.41) is 8.81. The average Bonchev–Trinajstić information content (AvgIpc) is 2.50. The van der Waals surface area contributed by atoms with Gasteiger partial charge >= 0.3 is 5.97 Å². The van der Waals surface area contributed by atoms with E-state index < -0.39 is 5.97 Å². The van der Waals surface area contributed by atoms with Gasteiger partial charge in [0.1, 0.15) is 0 Å². The first-order valence-corrected chi connectivity index (χ1v) is 5.67. The highest BCUT2D eigenvalue weighted by atomic mass is 16.4. The van der Waals surface area contributed by atoms with Crippen LogP contribution < -0.4 is 0 Å². The van der Waals surface area contributed by atoms with Gasteiger partial charge in [0.15, 0.2) is 0 Å². The van der Waals surface area contributed by atoms with Crippen LogP contribution in [0, 0.1) is 5.41 Å². The fourth-order valence-corrected chi connectivity index (χ4v) is 3.22. The number of carboxylic acid groups (broad SMARTS) is 1. The Morgan fingerprint density at radius 3 is 2.43 bits per heavy atom. The number of hydrogen-bond donors (Lipinski definition) is 1. The van der Waals surface area contributed by atoms with Crippen molar-refractivity contribution < 1.29 is 9.90 Å². The molecule has 2 aliphatic carbocycles. The summed E-state index contributed by atoms with van der Waals surface area (Å²) in [6, 6.07) is 0. The minimum atomic E-state index is -0.758. The second-order valence-corrected chi connectivity index (χ2v) is 4.70. The lowest BCUT2D eigenvalue weighted by Gasteiger charge is -2.34. The minimum Gasteiger partial charge on any atom is -0.478 e. The first-order chi connectivity index (χ1) is 6.73. The van der Waals surface area contributed by atoms with Crippen LogP contribution in [-0.2, 0) is 4.79 Å². The number of allylic oxidation sites excluding steroid dienone is 1. The van der Waals surface area contributed by atoms with Gasteiger partial charge in [-0.1, -0.05) is 24.8 Å². The Morgan fingerprint density at radius 2 is 1.79 bits per heavy atom. The molecule has 0 saturated heterocycles. The highest BCUT2D eigenvalue weighted by molar-refractivity contribution is 5.81. The molecule has 2 saturated carbocycles. The SMILES string of the molecule is O=C(O)/C=C1/CCCC12CCCCC2. The zero-order valence-corrected chi connectivity index (χ0v) is 8.59. The van der Waals surface area contributed by atoms with E-state index in [1.807, 2.05) is 0 Å². The molecule has 0 heterocycles. The Labute approximate surface area is 85.0 Å². The molecule has 0 aromatic carbocycles. The topological polar surface area (TPSA) is 37.3 Å². The molecule has 0 amide bonds. The van der Waals surface area contributed by atoms with Gasteiger partial charge in [-0.15, -0.1) is 0 Å². The molecule has 0 aromatic rings. The lowest BCUT2D eigenvalue weighted by Crippen LogP contribution is -2.22.